The molecule has 0 atom stereocenters. The summed E-state index contributed by atoms with van der Waals surface area (Å²) in [5.41, 5.74) is -0.183. The zero-order valence-electron chi connectivity index (χ0n) is 8.19. The fourth-order valence-corrected chi connectivity index (χ4v) is 2.18. The van der Waals surface area contributed by atoms with Crippen molar-refractivity contribution in [2.45, 2.75) is 16.8 Å². The third kappa shape index (κ3) is 4.48. The number of nitrogens with two attached hydrogens (primary N) is 1. The molecule has 0 radical (unpaired) electrons. The largest absolute Gasteiger partial charge is 0.573 e. The maximum Gasteiger partial charge on any atom is 0.573 e. The van der Waals surface area contributed by atoms with E-state index in [9.17, 15) is 26.3 Å². The Labute approximate surface area is 110 Å². The molecule has 0 unspecified atom stereocenters. The smallest absolute Gasteiger partial charge is 0.404 e. The number of hydrogen-bond acceptors (Lipinski definition) is 3. The van der Waals surface area contributed by atoms with Crippen molar-refractivity contribution < 1.29 is 31.1 Å². The van der Waals surface area contributed by atoms with E-state index in [1.807, 2.05) is 0 Å². The van der Waals surface area contributed by atoms with E-state index in [1.165, 1.54) is 0 Å². The van der Waals surface area contributed by atoms with E-state index >= 15 is 0 Å². The van der Waals surface area contributed by atoms with E-state index in [2.05, 4.69) is 20.7 Å². The molecule has 0 aliphatic heterocycles. The minimum Gasteiger partial charge on any atom is -0.404 e. The third-order valence-electron chi connectivity index (χ3n) is 1.55. The van der Waals surface area contributed by atoms with Crippen LogP contribution in [0.3, 0.4) is 0 Å². The molecule has 18 heavy (non-hydrogen) atoms. The van der Waals surface area contributed by atoms with Crippen LogP contribution >= 0.6 is 27.7 Å². The Morgan fingerprint density at radius 2 is 1.67 bits per heavy atom. The highest BCUT2D eigenvalue weighted by Crippen LogP contribution is 2.46. The summed E-state index contributed by atoms with van der Waals surface area (Å²) in [7, 11) is 0. The van der Waals surface area contributed by atoms with E-state index in [4.69, 9.17) is 5.73 Å². The zero-order chi connectivity index (χ0) is 14.1. The van der Waals surface area contributed by atoms with Crippen molar-refractivity contribution in [1.29, 1.82) is 0 Å². The molecule has 0 aromatic heterocycles. The number of ether oxygens (including phenoxy) is 1. The minimum absolute atomic E-state index is 0.0724. The number of benzene rings is 1. The Morgan fingerprint density at radius 3 is 2.11 bits per heavy atom. The van der Waals surface area contributed by atoms with Gasteiger partial charge in [-0.25, -0.2) is 0 Å². The number of nitrogen functional groups attached to an aromatic ring is 1. The van der Waals surface area contributed by atoms with Crippen LogP contribution < -0.4 is 10.5 Å². The maximum atomic E-state index is 12.2. The summed E-state index contributed by atoms with van der Waals surface area (Å²) in [5, 5.41) is 0. The topological polar surface area (TPSA) is 35.2 Å². The summed E-state index contributed by atoms with van der Waals surface area (Å²) in [4.78, 5) is -0.579. The van der Waals surface area contributed by atoms with Crippen LogP contribution in [0.25, 0.3) is 0 Å². The molecule has 102 valence electrons. The molecule has 0 amide bonds. The molecule has 2 N–H and O–H groups in total. The number of hydrogen-bond donors (Lipinski definition) is 1. The quantitative estimate of drug-likeness (QED) is 0.480. The number of alkyl halides is 6. The Hall–Kier alpha value is -0.770. The van der Waals surface area contributed by atoms with Gasteiger partial charge in [-0.05, 0) is 39.8 Å². The first-order valence-electron chi connectivity index (χ1n) is 4.09. The Balaban J connectivity index is 3.15. The summed E-state index contributed by atoms with van der Waals surface area (Å²) in [6.45, 7) is 0. The minimum atomic E-state index is -5.03. The number of anilines is 1. The van der Waals surface area contributed by atoms with Gasteiger partial charge in [0.2, 0.25) is 0 Å². The predicted octanol–water partition coefficient (Wildman–Crippen LogP) is 4.54. The van der Waals surface area contributed by atoms with Crippen molar-refractivity contribution in [3.05, 3.63) is 16.6 Å². The normalized spacial score (nSPS) is 12.6. The molecule has 0 spiro atoms. The molecule has 0 saturated heterocycles. The van der Waals surface area contributed by atoms with Crippen molar-refractivity contribution >= 4 is 33.4 Å². The lowest BCUT2D eigenvalue weighted by Gasteiger charge is -2.15. The standard InChI is InChI=1S/C8H4BrF6NOS/c9-3-1-2-4(17-7(10,11)12)5(16)6(3)18-8(13,14)15/h1-2H,16H2. The van der Waals surface area contributed by atoms with Crippen LogP contribution in [0.4, 0.5) is 32.0 Å². The lowest BCUT2D eigenvalue weighted by atomic mass is 10.3. The summed E-state index contributed by atoms with van der Waals surface area (Å²) >= 11 is 2.15. The van der Waals surface area contributed by atoms with Gasteiger partial charge in [-0.15, -0.1) is 13.2 Å². The van der Waals surface area contributed by atoms with Gasteiger partial charge in [0.1, 0.15) is 0 Å². The number of thioether (sulfide) groups is 1. The second kappa shape index (κ2) is 5.08. The van der Waals surface area contributed by atoms with Gasteiger partial charge in [0.05, 0.1) is 10.6 Å². The van der Waals surface area contributed by atoms with Crippen molar-refractivity contribution in [3.63, 3.8) is 0 Å². The van der Waals surface area contributed by atoms with Gasteiger partial charge < -0.3 is 10.5 Å². The van der Waals surface area contributed by atoms with Crippen molar-refractivity contribution in [1.82, 2.24) is 0 Å². The van der Waals surface area contributed by atoms with Crippen LogP contribution in [0.5, 0.6) is 5.75 Å². The molecule has 0 aliphatic carbocycles. The van der Waals surface area contributed by atoms with Crippen molar-refractivity contribution in [3.8, 4) is 5.75 Å². The van der Waals surface area contributed by atoms with Gasteiger partial charge in [-0.1, -0.05) is 0 Å². The summed E-state index contributed by atoms with van der Waals surface area (Å²) in [6.07, 6.45) is -5.03. The van der Waals surface area contributed by atoms with Crippen LogP contribution in [0.2, 0.25) is 0 Å². The molecule has 10 heteroatoms. The summed E-state index contributed by atoms with van der Waals surface area (Å²) < 4.78 is 75.9. The van der Waals surface area contributed by atoms with Gasteiger partial charge >= 0.3 is 11.9 Å². The molecule has 0 saturated carbocycles. The van der Waals surface area contributed by atoms with E-state index in [0.717, 1.165) is 12.1 Å². The molecule has 0 bridgehead atoms. The highest BCUT2D eigenvalue weighted by Gasteiger charge is 2.35. The van der Waals surface area contributed by atoms with Crippen LogP contribution in [0.1, 0.15) is 0 Å². The summed E-state index contributed by atoms with van der Waals surface area (Å²) in [5.74, 6) is -0.877. The first kappa shape index (κ1) is 15.3. The van der Waals surface area contributed by atoms with Gasteiger partial charge in [0.15, 0.2) is 5.75 Å². The predicted molar refractivity (Wildman–Crippen MR) is 57.1 cm³/mol. The zero-order valence-corrected chi connectivity index (χ0v) is 10.6. The second-order valence-corrected chi connectivity index (χ2v) is 4.81. The van der Waals surface area contributed by atoms with Crippen LogP contribution in [0.15, 0.2) is 21.5 Å². The molecular weight excluding hydrogens is 352 g/mol. The monoisotopic (exact) mass is 355 g/mol. The fourth-order valence-electron chi connectivity index (χ4n) is 0.988. The van der Waals surface area contributed by atoms with E-state index in [0.29, 0.717) is 0 Å². The molecule has 0 aliphatic rings. The van der Waals surface area contributed by atoms with Crippen LogP contribution in [-0.2, 0) is 0 Å². The highest BCUT2D eigenvalue weighted by molar-refractivity contribution is 9.10. The van der Waals surface area contributed by atoms with E-state index < -0.39 is 40.0 Å². The van der Waals surface area contributed by atoms with Crippen molar-refractivity contribution in [2.75, 3.05) is 5.73 Å². The van der Waals surface area contributed by atoms with E-state index in [1.54, 1.807) is 0 Å². The average molecular weight is 356 g/mol. The highest BCUT2D eigenvalue weighted by atomic mass is 79.9. The molecule has 0 fully saturated rings. The van der Waals surface area contributed by atoms with Gasteiger partial charge in [0.25, 0.3) is 0 Å². The maximum absolute atomic E-state index is 12.2. The first-order chi connectivity index (χ1) is 7.99. The Morgan fingerprint density at radius 1 is 1.11 bits per heavy atom. The van der Waals surface area contributed by atoms with Crippen LogP contribution in [-0.4, -0.2) is 11.9 Å². The second-order valence-electron chi connectivity index (χ2n) is 2.88. The lowest BCUT2D eigenvalue weighted by Crippen LogP contribution is -2.18. The fraction of sp³-hybridized carbons (Fsp3) is 0.250. The number of rotatable bonds is 2. The average Bonchev–Trinajstić information content (AvgIpc) is 2.14. The molecule has 2 nitrogen and oxygen atoms in total. The Kier molecular flexibility index (Phi) is 4.31. The van der Waals surface area contributed by atoms with E-state index in [-0.39, 0.29) is 4.47 Å². The molecule has 1 aromatic rings. The first-order valence-corrected chi connectivity index (χ1v) is 5.70. The van der Waals surface area contributed by atoms with Crippen molar-refractivity contribution in [2.24, 2.45) is 0 Å². The summed E-state index contributed by atoms with van der Waals surface area (Å²) in [6, 6.07) is 1.82. The molecular formula is C8H4BrF6NOS. The molecule has 1 rings (SSSR count). The van der Waals surface area contributed by atoms with Gasteiger partial charge in [-0.3, -0.25) is 0 Å². The molecule has 1 aromatic carbocycles. The lowest BCUT2D eigenvalue weighted by molar-refractivity contribution is -0.274. The van der Waals surface area contributed by atoms with Gasteiger partial charge in [-0.2, -0.15) is 13.2 Å². The Bertz CT molecular complexity index is 446. The number of halogens is 7. The SMILES string of the molecule is Nc1c(OC(F)(F)F)ccc(Br)c1SC(F)(F)F. The molecule has 0 heterocycles. The van der Waals surface area contributed by atoms with Crippen LogP contribution in [0, 0.1) is 0 Å². The third-order valence-corrected chi connectivity index (χ3v) is 3.35. The van der Waals surface area contributed by atoms with Gasteiger partial charge in [0, 0.05) is 4.47 Å².